The van der Waals surface area contributed by atoms with Crippen LogP contribution in [0.5, 0.6) is 0 Å². The minimum absolute atomic E-state index is 0.236. The van der Waals surface area contributed by atoms with Crippen molar-refractivity contribution in [1.29, 1.82) is 0 Å². The van der Waals surface area contributed by atoms with Gasteiger partial charge in [-0.2, -0.15) is 0 Å². The van der Waals surface area contributed by atoms with Crippen LogP contribution in [0.2, 0.25) is 0 Å². The smallest absolute Gasteiger partial charge is 0.0867 e. The highest BCUT2D eigenvalue weighted by Crippen LogP contribution is 2.39. The molecule has 0 N–H and O–H groups in total. The molecule has 1 spiro atoms. The largest absolute Gasteiger partial charge is 0.367 e. The highest BCUT2D eigenvalue weighted by atomic mass is 16.5. The normalized spacial score (nSPS) is 31.0. The van der Waals surface area contributed by atoms with Crippen molar-refractivity contribution in [3.8, 4) is 0 Å². The van der Waals surface area contributed by atoms with Gasteiger partial charge >= 0.3 is 0 Å². The Bertz CT molecular complexity index is 122. The first-order valence-corrected chi connectivity index (χ1v) is 3.23. The first kappa shape index (κ1) is 4.57. The minimum atomic E-state index is 0.236. The molecule has 0 unspecified atom stereocenters. The standard InChI is InChI=1S/C7H10O/c1-3-7(4-1)5-2-6-8-7/h2,5H,1,3-4,6H2. The molecule has 1 heteroatoms. The fourth-order valence-electron chi connectivity index (χ4n) is 1.36. The average molecular weight is 110 g/mol. The zero-order valence-electron chi connectivity index (χ0n) is 4.89. The molecule has 0 amide bonds. The Morgan fingerprint density at radius 1 is 1.38 bits per heavy atom. The lowest BCUT2D eigenvalue weighted by Gasteiger charge is -2.35. The molecule has 0 aromatic carbocycles. The van der Waals surface area contributed by atoms with Gasteiger partial charge < -0.3 is 4.74 Å². The summed E-state index contributed by atoms with van der Waals surface area (Å²) < 4.78 is 5.47. The maximum Gasteiger partial charge on any atom is 0.0867 e. The molecule has 0 saturated heterocycles. The minimum Gasteiger partial charge on any atom is -0.367 e. The highest BCUT2D eigenvalue weighted by molar-refractivity contribution is 5.11. The molecule has 1 fully saturated rings. The molecule has 2 rings (SSSR count). The molecule has 1 aliphatic carbocycles. The van der Waals surface area contributed by atoms with Gasteiger partial charge in [-0.15, -0.1) is 0 Å². The molecule has 1 nitrogen and oxygen atoms in total. The molecule has 0 aromatic rings. The van der Waals surface area contributed by atoms with Crippen LogP contribution in [0.15, 0.2) is 12.2 Å². The third-order valence-corrected chi connectivity index (χ3v) is 2.09. The average Bonchev–Trinajstić information content (AvgIpc) is 2.07. The lowest BCUT2D eigenvalue weighted by Crippen LogP contribution is -2.34. The molecular weight excluding hydrogens is 100 g/mol. The molecule has 0 aromatic heterocycles. The summed E-state index contributed by atoms with van der Waals surface area (Å²) in [6.45, 7) is 0.847. The first-order valence-electron chi connectivity index (χ1n) is 3.23. The molecule has 1 heterocycles. The number of rotatable bonds is 0. The zero-order chi connectivity index (χ0) is 5.45. The number of hydrogen-bond acceptors (Lipinski definition) is 1. The van der Waals surface area contributed by atoms with E-state index in [1.807, 2.05) is 0 Å². The van der Waals surface area contributed by atoms with E-state index < -0.39 is 0 Å². The molecular formula is C7H10O. The van der Waals surface area contributed by atoms with Crippen LogP contribution in [0.25, 0.3) is 0 Å². The first-order chi connectivity index (χ1) is 3.91. The second kappa shape index (κ2) is 1.35. The highest BCUT2D eigenvalue weighted by Gasteiger charge is 2.37. The van der Waals surface area contributed by atoms with Crippen LogP contribution < -0.4 is 0 Å². The SMILES string of the molecule is C1=CC2(CCC2)OC1. The summed E-state index contributed by atoms with van der Waals surface area (Å²) in [7, 11) is 0. The Morgan fingerprint density at radius 2 is 2.25 bits per heavy atom. The van der Waals surface area contributed by atoms with E-state index in [0.29, 0.717) is 0 Å². The summed E-state index contributed by atoms with van der Waals surface area (Å²) in [5.74, 6) is 0. The Balaban J connectivity index is 2.13. The van der Waals surface area contributed by atoms with E-state index in [0.717, 1.165) is 6.61 Å². The summed E-state index contributed by atoms with van der Waals surface area (Å²) in [4.78, 5) is 0. The van der Waals surface area contributed by atoms with Gasteiger partial charge in [0, 0.05) is 0 Å². The van der Waals surface area contributed by atoms with Crippen molar-refractivity contribution in [2.24, 2.45) is 0 Å². The Labute approximate surface area is 49.3 Å². The van der Waals surface area contributed by atoms with Crippen molar-refractivity contribution in [1.82, 2.24) is 0 Å². The van der Waals surface area contributed by atoms with Crippen LogP contribution in [-0.4, -0.2) is 12.2 Å². The molecule has 0 bridgehead atoms. The summed E-state index contributed by atoms with van der Waals surface area (Å²) in [5, 5.41) is 0. The molecule has 0 radical (unpaired) electrons. The van der Waals surface area contributed by atoms with E-state index >= 15 is 0 Å². The van der Waals surface area contributed by atoms with Crippen molar-refractivity contribution in [3.63, 3.8) is 0 Å². The molecule has 0 atom stereocenters. The van der Waals surface area contributed by atoms with E-state index in [1.165, 1.54) is 19.3 Å². The molecule has 8 heavy (non-hydrogen) atoms. The second-order valence-electron chi connectivity index (χ2n) is 2.63. The van der Waals surface area contributed by atoms with Crippen LogP contribution >= 0.6 is 0 Å². The van der Waals surface area contributed by atoms with Crippen molar-refractivity contribution >= 4 is 0 Å². The fraction of sp³-hybridized carbons (Fsp3) is 0.714. The van der Waals surface area contributed by atoms with Crippen molar-refractivity contribution in [2.75, 3.05) is 6.61 Å². The van der Waals surface area contributed by atoms with Crippen LogP contribution in [0.4, 0.5) is 0 Å². The fourth-order valence-corrected chi connectivity index (χ4v) is 1.36. The van der Waals surface area contributed by atoms with Crippen LogP contribution in [0, 0.1) is 0 Å². The van der Waals surface area contributed by atoms with Gasteiger partial charge in [-0.05, 0) is 19.3 Å². The zero-order valence-corrected chi connectivity index (χ0v) is 4.89. The van der Waals surface area contributed by atoms with Crippen molar-refractivity contribution in [3.05, 3.63) is 12.2 Å². The summed E-state index contributed by atoms with van der Waals surface area (Å²) in [6.07, 6.45) is 8.20. The number of ether oxygens (including phenoxy) is 1. The quantitative estimate of drug-likeness (QED) is 0.429. The Morgan fingerprint density at radius 3 is 2.50 bits per heavy atom. The van der Waals surface area contributed by atoms with Gasteiger partial charge in [0.1, 0.15) is 0 Å². The Hall–Kier alpha value is -0.300. The predicted molar refractivity (Wildman–Crippen MR) is 31.7 cm³/mol. The number of hydrogen-bond donors (Lipinski definition) is 0. The summed E-state index contributed by atoms with van der Waals surface area (Å²) >= 11 is 0. The maximum atomic E-state index is 5.47. The van der Waals surface area contributed by atoms with Gasteiger partial charge in [-0.3, -0.25) is 0 Å². The molecule has 1 saturated carbocycles. The van der Waals surface area contributed by atoms with Crippen molar-refractivity contribution < 1.29 is 4.74 Å². The van der Waals surface area contributed by atoms with Gasteiger partial charge in [0.25, 0.3) is 0 Å². The monoisotopic (exact) mass is 110 g/mol. The van der Waals surface area contributed by atoms with E-state index in [4.69, 9.17) is 4.74 Å². The third kappa shape index (κ3) is 0.451. The van der Waals surface area contributed by atoms with E-state index in [2.05, 4.69) is 12.2 Å². The van der Waals surface area contributed by atoms with Crippen LogP contribution in [0.1, 0.15) is 19.3 Å². The third-order valence-electron chi connectivity index (χ3n) is 2.09. The van der Waals surface area contributed by atoms with E-state index in [-0.39, 0.29) is 5.60 Å². The molecule has 44 valence electrons. The molecule has 2 aliphatic rings. The summed E-state index contributed by atoms with van der Waals surface area (Å²) in [6, 6.07) is 0. The van der Waals surface area contributed by atoms with E-state index in [9.17, 15) is 0 Å². The van der Waals surface area contributed by atoms with Crippen LogP contribution in [0.3, 0.4) is 0 Å². The lowest BCUT2D eigenvalue weighted by molar-refractivity contribution is -0.0333. The predicted octanol–water partition coefficient (Wildman–Crippen LogP) is 1.50. The van der Waals surface area contributed by atoms with Crippen molar-refractivity contribution in [2.45, 2.75) is 24.9 Å². The maximum absolute atomic E-state index is 5.47. The second-order valence-corrected chi connectivity index (χ2v) is 2.63. The topological polar surface area (TPSA) is 9.23 Å². The Kier molecular flexibility index (Phi) is 0.770. The van der Waals surface area contributed by atoms with Gasteiger partial charge in [0.05, 0.1) is 12.2 Å². The lowest BCUT2D eigenvalue weighted by atomic mass is 9.81. The van der Waals surface area contributed by atoms with Gasteiger partial charge in [-0.25, -0.2) is 0 Å². The van der Waals surface area contributed by atoms with Crippen LogP contribution in [-0.2, 0) is 4.74 Å². The van der Waals surface area contributed by atoms with E-state index in [1.54, 1.807) is 0 Å². The molecule has 1 aliphatic heterocycles. The summed E-state index contributed by atoms with van der Waals surface area (Å²) in [5.41, 5.74) is 0.236. The van der Waals surface area contributed by atoms with Gasteiger partial charge in [0.15, 0.2) is 0 Å². The van der Waals surface area contributed by atoms with Gasteiger partial charge in [0.2, 0.25) is 0 Å². The van der Waals surface area contributed by atoms with Gasteiger partial charge in [-0.1, -0.05) is 12.2 Å².